The zero-order chi connectivity index (χ0) is 24.1. The number of carbonyl (C=O) groups is 1. The van der Waals surface area contributed by atoms with Crippen molar-refractivity contribution in [1.82, 2.24) is 15.2 Å². The maximum Gasteiger partial charge on any atom is 0.280 e. The summed E-state index contributed by atoms with van der Waals surface area (Å²) in [5.74, 6) is 0.989. The summed E-state index contributed by atoms with van der Waals surface area (Å²) in [7, 11) is 1.63. The molecule has 0 saturated carbocycles. The van der Waals surface area contributed by atoms with Gasteiger partial charge in [0.15, 0.2) is 6.10 Å². The minimum Gasteiger partial charge on any atom is -0.496 e. The molecule has 0 spiro atoms. The van der Waals surface area contributed by atoms with Crippen molar-refractivity contribution in [3.63, 3.8) is 0 Å². The summed E-state index contributed by atoms with van der Waals surface area (Å²) in [6.07, 6.45) is 0.857. The van der Waals surface area contributed by atoms with Crippen LogP contribution in [0, 0.1) is 20.8 Å². The number of amides is 1. The third-order valence-corrected chi connectivity index (χ3v) is 6.50. The molecule has 0 aliphatic carbocycles. The van der Waals surface area contributed by atoms with Crippen LogP contribution in [0.1, 0.15) is 35.0 Å². The molecule has 0 aliphatic heterocycles. The number of hydrazone groups is 1. The van der Waals surface area contributed by atoms with Crippen molar-refractivity contribution in [3.8, 4) is 11.5 Å². The second-order valence-corrected chi connectivity index (χ2v) is 8.85. The van der Waals surface area contributed by atoms with Crippen LogP contribution in [-0.4, -0.2) is 35.1 Å². The Kier molecular flexibility index (Phi) is 8.15. The first kappa shape index (κ1) is 24.8. The average Bonchev–Trinajstić information content (AvgIpc) is 3.02. The Morgan fingerprint density at radius 3 is 2.61 bits per heavy atom. The number of nitrogens with one attached hydrogen (secondary N) is 1. The van der Waals surface area contributed by atoms with Crippen molar-refractivity contribution in [2.45, 2.75) is 40.3 Å². The molecule has 33 heavy (non-hydrogen) atoms. The van der Waals surface area contributed by atoms with E-state index in [1.807, 2.05) is 43.7 Å². The van der Waals surface area contributed by atoms with E-state index in [1.165, 1.54) is 0 Å². The van der Waals surface area contributed by atoms with Crippen LogP contribution in [0.4, 0.5) is 0 Å². The third kappa shape index (κ3) is 6.15. The molecule has 3 aromatic rings. The summed E-state index contributed by atoms with van der Waals surface area (Å²) in [4.78, 5) is 12.4. The number of rotatable bonds is 8. The Hall–Kier alpha value is -2.84. The van der Waals surface area contributed by atoms with Crippen LogP contribution >= 0.6 is 27.5 Å². The maximum atomic E-state index is 12.4. The maximum absolute atomic E-state index is 12.4. The van der Waals surface area contributed by atoms with Crippen molar-refractivity contribution in [2.24, 2.45) is 5.10 Å². The van der Waals surface area contributed by atoms with Gasteiger partial charge in [-0.3, -0.25) is 9.48 Å². The highest BCUT2D eigenvalue weighted by Gasteiger charge is 2.15. The Morgan fingerprint density at radius 1 is 1.24 bits per heavy atom. The summed E-state index contributed by atoms with van der Waals surface area (Å²) in [5.41, 5.74) is 7.10. The highest BCUT2D eigenvalue weighted by Crippen LogP contribution is 2.25. The zero-order valence-corrected chi connectivity index (χ0v) is 21.5. The summed E-state index contributed by atoms with van der Waals surface area (Å²) >= 11 is 9.52. The fourth-order valence-corrected chi connectivity index (χ4v) is 3.75. The van der Waals surface area contributed by atoms with Gasteiger partial charge in [0, 0.05) is 10.6 Å². The van der Waals surface area contributed by atoms with E-state index in [-0.39, 0.29) is 5.91 Å². The van der Waals surface area contributed by atoms with Gasteiger partial charge >= 0.3 is 0 Å². The van der Waals surface area contributed by atoms with Gasteiger partial charge < -0.3 is 9.47 Å². The predicted molar refractivity (Wildman–Crippen MR) is 134 cm³/mol. The average molecular weight is 534 g/mol. The fraction of sp³-hybridized carbons (Fsp3) is 0.292. The second-order valence-electron chi connectivity index (χ2n) is 7.62. The molecule has 0 unspecified atom stereocenters. The number of nitrogens with zero attached hydrogens (tertiary/aromatic N) is 3. The van der Waals surface area contributed by atoms with Gasteiger partial charge in [-0.25, -0.2) is 5.43 Å². The van der Waals surface area contributed by atoms with Crippen LogP contribution in [-0.2, 0) is 11.3 Å². The molecule has 2 aromatic carbocycles. The molecule has 1 N–H and O–H groups in total. The molecule has 9 heteroatoms. The quantitative estimate of drug-likeness (QED) is 0.319. The molecule has 0 saturated heterocycles. The van der Waals surface area contributed by atoms with Gasteiger partial charge in [0.05, 0.1) is 35.7 Å². The molecule has 0 aliphatic rings. The highest BCUT2D eigenvalue weighted by atomic mass is 79.9. The number of aromatic nitrogens is 2. The van der Waals surface area contributed by atoms with E-state index in [1.54, 1.807) is 38.4 Å². The number of aryl methyl sites for hydroxylation is 2. The van der Waals surface area contributed by atoms with Crippen molar-refractivity contribution >= 4 is 39.7 Å². The molecule has 1 heterocycles. The molecule has 7 nitrogen and oxygen atoms in total. The second kappa shape index (κ2) is 10.9. The number of carbonyl (C=O) groups excluding carboxylic acids is 1. The van der Waals surface area contributed by atoms with Crippen molar-refractivity contribution in [3.05, 3.63) is 74.0 Å². The van der Waals surface area contributed by atoms with E-state index in [0.29, 0.717) is 17.3 Å². The van der Waals surface area contributed by atoms with Crippen LogP contribution in [0.15, 0.2) is 46.0 Å². The topological polar surface area (TPSA) is 77.7 Å². The number of benzene rings is 2. The Balaban J connectivity index is 1.67. The molecular formula is C24H26BrClN4O3. The standard InChI is InChI=1S/C24H26BrClN4O3/c1-14-10-20(26)7-9-21(14)33-17(4)24(31)28-27-12-18-6-8-22(32-5)19(11-18)13-30-16(3)23(25)15(2)29-30/h6-12,17H,13H2,1-5H3,(H,28,31)/b27-12-/t17-/m1/s1. The van der Waals surface area contributed by atoms with Crippen molar-refractivity contribution < 1.29 is 14.3 Å². The van der Waals surface area contributed by atoms with E-state index >= 15 is 0 Å². The van der Waals surface area contributed by atoms with E-state index in [4.69, 9.17) is 21.1 Å². The summed E-state index contributed by atoms with van der Waals surface area (Å²) < 4.78 is 14.1. The summed E-state index contributed by atoms with van der Waals surface area (Å²) in [5, 5.41) is 9.26. The number of halogens is 2. The van der Waals surface area contributed by atoms with Gasteiger partial charge in [-0.1, -0.05) is 11.6 Å². The molecule has 174 valence electrons. The molecule has 3 rings (SSSR count). The Morgan fingerprint density at radius 2 is 1.97 bits per heavy atom. The van der Waals surface area contributed by atoms with Crippen LogP contribution in [0.3, 0.4) is 0 Å². The van der Waals surface area contributed by atoms with Gasteiger partial charge in [-0.15, -0.1) is 0 Å². The van der Waals surface area contributed by atoms with E-state index < -0.39 is 6.10 Å². The van der Waals surface area contributed by atoms with Gasteiger partial charge in [0.2, 0.25) is 0 Å². The van der Waals surface area contributed by atoms with Gasteiger partial charge in [0.25, 0.3) is 5.91 Å². The van der Waals surface area contributed by atoms with Crippen molar-refractivity contribution in [2.75, 3.05) is 7.11 Å². The first-order chi connectivity index (χ1) is 15.7. The van der Waals surface area contributed by atoms with Gasteiger partial charge in [-0.2, -0.15) is 10.2 Å². The molecular weight excluding hydrogens is 508 g/mol. The molecule has 0 fully saturated rings. The summed E-state index contributed by atoms with van der Waals surface area (Å²) in [6, 6.07) is 10.9. The smallest absolute Gasteiger partial charge is 0.280 e. The lowest BCUT2D eigenvalue weighted by Crippen LogP contribution is -2.33. The Bertz CT molecular complexity index is 1190. The first-order valence-corrected chi connectivity index (χ1v) is 11.5. The number of hydrogen-bond donors (Lipinski definition) is 1. The third-order valence-electron chi connectivity index (χ3n) is 5.12. The zero-order valence-electron chi connectivity index (χ0n) is 19.1. The molecule has 1 aromatic heterocycles. The lowest BCUT2D eigenvalue weighted by atomic mass is 10.1. The minimum absolute atomic E-state index is 0.359. The first-order valence-electron chi connectivity index (χ1n) is 10.3. The molecule has 0 bridgehead atoms. The van der Waals surface area contributed by atoms with Crippen LogP contribution in [0.2, 0.25) is 5.02 Å². The van der Waals surface area contributed by atoms with Gasteiger partial charge in [-0.05, 0) is 91.1 Å². The van der Waals surface area contributed by atoms with Gasteiger partial charge in [0.1, 0.15) is 11.5 Å². The molecule has 0 radical (unpaired) electrons. The van der Waals surface area contributed by atoms with E-state index in [2.05, 4.69) is 31.6 Å². The predicted octanol–water partition coefficient (Wildman–Crippen LogP) is 5.20. The molecule has 1 atom stereocenters. The summed E-state index contributed by atoms with van der Waals surface area (Å²) in [6.45, 7) is 8.04. The van der Waals surface area contributed by atoms with E-state index in [9.17, 15) is 4.79 Å². The monoisotopic (exact) mass is 532 g/mol. The van der Waals surface area contributed by atoms with Crippen LogP contribution in [0.5, 0.6) is 11.5 Å². The molecule has 1 amide bonds. The lowest BCUT2D eigenvalue weighted by Gasteiger charge is -2.15. The van der Waals surface area contributed by atoms with Crippen molar-refractivity contribution in [1.29, 1.82) is 0 Å². The largest absolute Gasteiger partial charge is 0.496 e. The fourth-order valence-electron chi connectivity index (χ4n) is 3.24. The van der Waals surface area contributed by atoms with Crippen LogP contribution < -0.4 is 14.9 Å². The number of hydrogen-bond acceptors (Lipinski definition) is 5. The number of ether oxygens (including phenoxy) is 2. The van der Waals surface area contributed by atoms with Crippen LogP contribution in [0.25, 0.3) is 0 Å². The Labute approximate surface area is 206 Å². The lowest BCUT2D eigenvalue weighted by molar-refractivity contribution is -0.127. The normalized spacial score (nSPS) is 12.1. The SMILES string of the molecule is COc1ccc(/C=N\NC(=O)[C@@H](C)Oc2ccc(Cl)cc2C)cc1Cn1nc(C)c(Br)c1C. The minimum atomic E-state index is -0.724. The van der Waals surface area contributed by atoms with E-state index in [0.717, 1.165) is 38.3 Å². The highest BCUT2D eigenvalue weighted by molar-refractivity contribution is 9.10. The number of methoxy groups -OCH3 is 1.